The number of hydrogen-bond acceptors (Lipinski definition) is 3. The number of hydrogen-bond donors (Lipinski definition) is 0. The summed E-state index contributed by atoms with van der Waals surface area (Å²) in [5, 5.41) is 2.80. The van der Waals surface area contributed by atoms with Crippen LogP contribution in [0.3, 0.4) is 0 Å². The molecule has 0 bridgehead atoms. The summed E-state index contributed by atoms with van der Waals surface area (Å²) in [4.78, 5) is 4.95. The molecular formula is C22H27N2OP. The van der Waals surface area contributed by atoms with E-state index in [4.69, 9.17) is 9.73 Å². The summed E-state index contributed by atoms with van der Waals surface area (Å²) in [7, 11) is -0.565. The van der Waals surface area contributed by atoms with E-state index in [1.807, 2.05) is 0 Å². The van der Waals surface area contributed by atoms with Crippen molar-refractivity contribution >= 4 is 24.6 Å². The average molecular weight is 366 g/mol. The Morgan fingerprint density at radius 3 is 2.15 bits per heavy atom. The Bertz CT molecular complexity index is 708. The van der Waals surface area contributed by atoms with Crippen LogP contribution in [0.1, 0.15) is 26.7 Å². The topological polar surface area (TPSA) is 24.8 Å². The molecule has 4 rings (SSSR count). The largest absolute Gasteiger partial charge is 0.478 e. The zero-order chi connectivity index (χ0) is 17.9. The number of nitrogens with zero attached hydrogens (tertiary/aromatic N) is 2. The summed E-state index contributed by atoms with van der Waals surface area (Å²) in [5.74, 6) is 1.51. The van der Waals surface area contributed by atoms with Crippen LogP contribution in [-0.2, 0) is 4.74 Å². The van der Waals surface area contributed by atoms with Gasteiger partial charge in [0.1, 0.15) is 6.61 Å². The maximum absolute atomic E-state index is 6.08. The highest BCUT2D eigenvalue weighted by Gasteiger charge is 2.39. The maximum atomic E-state index is 6.08. The van der Waals surface area contributed by atoms with Crippen molar-refractivity contribution in [3.63, 3.8) is 0 Å². The van der Waals surface area contributed by atoms with E-state index in [1.54, 1.807) is 0 Å². The predicted octanol–water partition coefficient (Wildman–Crippen LogP) is 3.95. The number of rotatable bonds is 5. The van der Waals surface area contributed by atoms with Gasteiger partial charge >= 0.3 is 0 Å². The van der Waals surface area contributed by atoms with Gasteiger partial charge in [0.25, 0.3) is 0 Å². The summed E-state index contributed by atoms with van der Waals surface area (Å²) in [6, 6.07) is 22.5. The average Bonchev–Trinajstić information content (AvgIpc) is 3.33. The number of ether oxygens (including phenoxy) is 1. The first-order valence-corrected chi connectivity index (χ1v) is 10.9. The van der Waals surface area contributed by atoms with Crippen molar-refractivity contribution in [1.82, 2.24) is 4.67 Å². The lowest BCUT2D eigenvalue weighted by Crippen LogP contribution is -2.37. The fraction of sp³-hybridized carbons (Fsp3) is 0.409. The molecule has 2 aliphatic heterocycles. The standard InChI is InChI=1S/C22H27N2OP/c1-17(2)20-16-25-22(23-20)21-14-9-15-24(21)26(18-10-5-3-6-11-18)19-12-7-4-8-13-19/h3-8,10-13,17,20-21H,9,14-16H2,1-2H3. The molecule has 26 heavy (non-hydrogen) atoms. The fourth-order valence-corrected chi connectivity index (χ4v) is 6.39. The van der Waals surface area contributed by atoms with Gasteiger partial charge in [-0.1, -0.05) is 74.5 Å². The third-order valence-corrected chi connectivity index (χ3v) is 7.80. The van der Waals surface area contributed by atoms with Crippen LogP contribution < -0.4 is 10.6 Å². The van der Waals surface area contributed by atoms with E-state index < -0.39 is 8.07 Å². The molecule has 4 heteroatoms. The molecule has 0 aromatic heterocycles. The molecular weight excluding hydrogens is 339 g/mol. The molecule has 3 nitrogen and oxygen atoms in total. The quantitative estimate of drug-likeness (QED) is 0.749. The molecule has 2 atom stereocenters. The lowest BCUT2D eigenvalue weighted by molar-refractivity contribution is 0.273. The molecule has 2 unspecified atom stereocenters. The van der Waals surface area contributed by atoms with E-state index in [9.17, 15) is 0 Å². The zero-order valence-corrected chi connectivity index (χ0v) is 16.5. The van der Waals surface area contributed by atoms with Gasteiger partial charge < -0.3 is 4.74 Å². The Kier molecular flexibility index (Phi) is 5.38. The van der Waals surface area contributed by atoms with Gasteiger partial charge in [0, 0.05) is 14.6 Å². The Morgan fingerprint density at radius 1 is 1.00 bits per heavy atom. The van der Waals surface area contributed by atoms with E-state index in [-0.39, 0.29) is 0 Å². The molecule has 2 aliphatic rings. The smallest absolute Gasteiger partial charge is 0.201 e. The van der Waals surface area contributed by atoms with E-state index in [0.717, 1.165) is 25.5 Å². The summed E-state index contributed by atoms with van der Waals surface area (Å²) < 4.78 is 8.74. The molecule has 0 saturated carbocycles. The highest BCUT2D eigenvalue weighted by Crippen LogP contribution is 2.44. The van der Waals surface area contributed by atoms with E-state index in [1.165, 1.54) is 17.0 Å². The van der Waals surface area contributed by atoms with E-state index >= 15 is 0 Å². The Balaban J connectivity index is 1.68. The molecule has 1 saturated heterocycles. The monoisotopic (exact) mass is 366 g/mol. The minimum absolute atomic E-state index is 0.310. The predicted molar refractivity (Wildman–Crippen MR) is 111 cm³/mol. The molecule has 0 spiro atoms. The molecule has 0 amide bonds. The van der Waals surface area contributed by atoms with Crippen LogP contribution >= 0.6 is 8.07 Å². The summed E-state index contributed by atoms with van der Waals surface area (Å²) in [6.45, 7) is 6.31. The van der Waals surface area contributed by atoms with Gasteiger partial charge in [-0.05, 0) is 29.4 Å². The first-order valence-electron chi connectivity index (χ1n) is 9.61. The molecule has 136 valence electrons. The van der Waals surface area contributed by atoms with Crippen molar-refractivity contribution in [1.29, 1.82) is 0 Å². The van der Waals surface area contributed by atoms with Gasteiger partial charge in [-0.2, -0.15) is 0 Å². The lowest BCUT2D eigenvalue weighted by atomic mass is 10.1. The minimum atomic E-state index is -0.565. The molecule has 0 N–H and O–H groups in total. The van der Waals surface area contributed by atoms with Crippen molar-refractivity contribution in [2.75, 3.05) is 13.2 Å². The summed E-state index contributed by atoms with van der Waals surface area (Å²) in [5.41, 5.74) is 0. The second-order valence-corrected chi connectivity index (χ2v) is 9.56. The van der Waals surface area contributed by atoms with E-state index in [2.05, 4.69) is 79.2 Å². The van der Waals surface area contributed by atoms with Crippen LogP contribution in [0.4, 0.5) is 0 Å². The van der Waals surface area contributed by atoms with Gasteiger partial charge in [0.15, 0.2) is 0 Å². The third-order valence-electron chi connectivity index (χ3n) is 5.23. The van der Waals surface area contributed by atoms with Gasteiger partial charge in [0.2, 0.25) is 5.90 Å². The SMILES string of the molecule is CC(C)C1COC(C2CCCN2P(c2ccccc2)c2ccccc2)=N1. The Labute approximate surface area is 157 Å². The van der Waals surface area contributed by atoms with E-state index in [0.29, 0.717) is 18.0 Å². The van der Waals surface area contributed by atoms with Gasteiger partial charge in [-0.3, -0.25) is 4.67 Å². The van der Waals surface area contributed by atoms with Crippen molar-refractivity contribution in [3.05, 3.63) is 60.7 Å². The van der Waals surface area contributed by atoms with Crippen LogP contribution in [0, 0.1) is 5.92 Å². The van der Waals surface area contributed by atoms with Crippen LogP contribution in [-0.4, -0.2) is 35.8 Å². The lowest BCUT2D eigenvalue weighted by Gasteiger charge is -2.33. The maximum Gasteiger partial charge on any atom is 0.201 e. The Hall–Kier alpha value is -1.70. The molecule has 2 heterocycles. The second kappa shape index (κ2) is 7.90. The van der Waals surface area contributed by atoms with Gasteiger partial charge in [-0.25, -0.2) is 4.99 Å². The van der Waals surface area contributed by atoms with Crippen LogP contribution in [0.5, 0.6) is 0 Å². The zero-order valence-electron chi connectivity index (χ0n) is 15.6. The summed E-state index contributed by atoms with van der Waals surface area (Å²) >= 11 is 0. The second-order valence-electron chi connectivity index (χ2n) is 7.39. The molecule has 1 fully saturated rings. The van der Waals surface area contributed by atoms with Gasteiger partial charge in [-0.15, -0.1) is 0 Å². The molecule has 2 aromatic carbocycles. The third kappa shape index (κ3) is 3.56. The van der Waals surface area contributed by atoms with Gasteiger partial charge in [0.05, 0.1) is 12.1 Å². The normalized spacial score (nSPS) is 23.5. The first-order chi connectivity index (χ1) is 12.7. The van der Waals surface area contributed by atoms with Crippen molar-refractivity contribution in [3.8, 4) is 0 Å². The number of benzene rings is 2. The van der Waals surface area contributed by atoms with Crippen molar-refractivity contribution < 1.29 is 4.74 Å². The van der Waals surface area contributed by atoms with Crippen molar-refractivity contribution in [2.24, 2.45) is 10.9 Å². The highest BCUT2D eigenvalue weighted by molar-refractivity contribution is 7.70. The van der Waals surface area contributed by atoms with Crippen LogP contribution in [0.15, 0.2) is 65.7 Å². The molecule has 2 aromatic rings. The highest BCUT2D eigenvalue weighted by atomic mass is 31.1. The van der Waals surface area contributed by atoms with Crippen LogP contribution in [0.2, 0.25) is 0 Å². The van der Waals surface area contributed by atoms with Crippen molar-refractivity contribution in [2.45, 2.75) is 38.8 Å². The molecule has 0 radical (unpaired) electrons. The fourth-order valence-electron chi connectivity index (χ4n) is 3.76. The summed E-state index contributed by atoms with van der Waals surface area (Å²) in [6.07, 6.45) is 2.35. The first kappa shape index (κ1) is 17.7. The number of aliphatic imine (C=N–C) groups is 1. The molecule has 0 aliphatic carbocycles. The Morgan fingerprint density at radius 2 is 1.62 bits per heavy atom. The minimum Gasteiger partial charge on any atom is -0.478 e. The van der Waals surface area contributed by atoms with Crippen LogP contribution in [0.25, 0.3) is 0 Å².